The van der Waals surface area contributed by atoms with E-state index in [1.54, 1.807) is 30.3 Å². The fourth-order valence-corrected chi connectivity index (χ4v) is 2.96. The summed E-state index contributed by atoms with van der Waals surface area (Å²) < 4.78 is 50.4. The molecular formula is C25H21F3N2O4. The molecule has 0 heterocycles. The van der Waals surface area contributed by atoms with Crippen molar-refractivity contribution in [2.75, 3.05) is 18.7 Å². The van der Waals surface area contributed by atoms with Gasteiger partial charge < -0.3 is 9.47 Å². The van der Waals surface area contributed by atoms with Gasteiger partial charge in [0, 0.05) is 5.56 Å². The first-order valence-electron chi connectivity index (χ1n) is 10.1. The quantitative estimate of drug-likeness (QED) is 0.252. The minimum Gasteiger partial charge on any atom is -0.493 e. The van der Waals surface area contributed by atoms with Gasteiger partial charge in [0.25, 0.3) is 5.91 Å². The van der Waals surface area contributed by atoms with Crippen LogP contribution in [-0.2, 0) is 11.0 Å². The van der Waals surface area contributed by atoms with E-state index < -0.39 is 24.3 Å². The van der Waals surface area contributed by atoms with Crippen LogP contribution < -0.4 is 14.5 Å². The number of nitrogens with zero attached hydrogens (tertiary/aromatic N) is 2. The van der Waals surface area contributed by atoms with E-state index >= 15 is 0 Å². The summed E-state index contributed by atoms with van der Waals surface area (Å²) in [6, 6.07) is 17.5. The Bertz CT molecular complexity index is 1190. The molecule has 0 saturated heterocycles. The number of Topliss-reactive ketones (excluding diaryl/α,β-unsaturated/α-hetero) is 1. The molecular weight excluding hydrogens is 449 g/mol. The lowest BCUT2D eigenvalue weighted by Gasteiger charge is -2.19. The number of amides is 1. The number of methoxy groups -OCH3 is 1. The van der Waals surface area contributed by atoms with Gasteiger partial charge in [0.2, 0.25) is 0 Å². The van der Waals surface area contributed by atoms with E-state index in [1.807, 2.05) is 0 Å². The zero-order chi connectivity index (χ0) is 24.7. The van der Waals surface area contributed by atoms with Crippen LogP contribution >= 0.6 is 0 Å². The lowest BCUT2D eigenvalue weighted by molar-refractivity contribution is -0.137. The van der Waals surface area contributed by atoms with Gasteiger partial charge >= 0.3 is 6.18 Å². The molecule has 176 valence electrons. The molecule has 0 unspecified atom stereocenters. The Balaban J connectivity index is 1.88. The highest BCUT2D eigenvalue weighted by Gasteiger charge is 2.31. The van der Waals surface area contributed by atoms with Gasteiger partial charge in [-0.05, 0) is 48.9 Å². The maximum absolute atomic E-state index is 13.2. The van der Waals surface area contributed by atoms with Crippen molar-refractivity contribution in [2.24, 2.45) is 5.10 Å². The van der Waals surface area contributed by atoms with Gasteiger partial charge in [0.1, 0.15) is 0 Å². The van der Waals surface area contributed by atoms with E-state index in [9.17, 15) is 22.8 Å². The summed E-state index contributed by atoms with van der Waals surface area (Å²) in [6.07, 6.45) is -3.23. The first-order valence-corrected chi connectivity index (χ1v) is 10.1. The topological polar surface area (TPSA) is 68.2 Å². The number of hydrogen-bond donors (Lipinski definition) is 0. The summed E-state index contributed by atoms with van der Waals surface area (Å²) in [5, 5.41) is 4.96. The second kappa shape index (κ2) is 10.7. The molecule has 3 aromatic carbocycles. The molecule has 0 spiro atoms. The Morgan fingerprint density at radius 1 is 0.971 bits per heavy atom. The van der Waals surface area contributed by atoms with Gasteiger partial charge in [-0.2, -0.15) is 23.3 Å². The van der Waals surface area contributed by atoms with E-state index in [-0.39, 0.29) is 23.0 Å². The lowest BCUT2D eigenvalue weighted by Crippen LogP contribution is -2.31. The van der Waals surface area contributed by atoms with Gasteiger partial charge in [-0.1, -0.05) is 36.4 Å². The fraction of sp³-hybridized carbons (Fsp3) is 0.160. The Morgan fingerprint density at radius 2 is 1.71 bits per heavy atom. The Kier molecular flexibility index (Phi) is 7.68. The SMILES string of the molecule is COc1cc(C(C)=O)ccc1OCC(=O)N(/N=C/c1ccccc1)c1cccc(C(F)(F)F)c1. The van der Waals surface area contributed by atoms with Crippen LogP contribution in [0.5, 0.6) is 11.5 Å². The Morgan fingerprint density at radius 3 is 2.35 bits per heavy atom. The molecule has 0 atom stereocenters. The first kappa shape index (κ1) is 24.5. The Hall–Kier alpha value is -4.14. The third-order valence-electron chi connectivity index (χ3n) is 4.70. The summed E-state index contributed by atoms with van der Waals surface area (Å²) in [6.45, 7) is 0.856. The summed E-state index contributed by atoms with van der Waals surface area (Å²) in [4.78, 5) is 24.6. The standard InChI is InChI=1S/C25H21F3N2O4/c1-17(31)19-11-12-22(23(13-19)33-2)34-16-24(32)30(29-15-18-7-4-3-5-8-18)21-10-6-9-20(14-21)25(26,27)28/h3-15H,16H2,1-2H3/b29-15+. The molecule has 3 rings (SSSR count). The van der Waals surface area contributed by atoms with Crippen LogP contribution in [0, 0.1) is 0 Å². The van der Waals surface area contributed by atoms with Crippen molar-refractivity contribution in [3.05, 3.63) is 89.5 Å². The summed E-state index contributed by atoms with van der Waals surface area (Å²) in [5.41, 5.74) is 0.0536. The number of rotatable bonds is 8. The number of anilines is 1. The molecule has 0 saturated carbocycles. The van der Waals surface area contributed by atoms with Gasteiger partial charge in [0.05, 0.1) is 24.6 Å². The van der Waals surface area contributed by atoms with Crippen LogP contribution in [0.25, 0.3) is 0 Å². The second-order valence-electron chi connectivity index (χ2n) is 7.12. The third-order valence-corrected chi connectivity index (χ3v) is 4.70. The van der Waals surface area contributed by atoms with Crippen LogP contribution in [0.3, 0.4) is 0 Å². The van der Waals surface area contributed by atoms with Crippen molar-refractivity contribution >= 4 is 23.6 Å². The van der Waals surface area contributed by atoms with Crippen molar-refractivity contribution in [3.8, 4) is 11.5 Å². The smallest absolute Gasteiger partial charge is 0.416 e. The number of hydrogen-bond acceptors (Lipinski definition) is 5. The van der Waals surface area contributed by atoms with Crippen LogP contribution in [0.4, 0.5) is 18.9 Å². The first-order chi connectivity index (χ1) is 16.2. The summed E-state index contributed by atoms with van der Waals surface area (Å²) in [5.74, 6) is -0.466. The van der Waals surface area contributed by atoms with Crippen molar-refractivity contribution in [1.29, 1.82) is 0 Å². The van der Waals surface area contributed by atoms with Crippen LogP contribution in [-0.4, -0.2) is 31.6 Å². The molecule has 6 nitrogen and oxygen atoms in total. The number of hydrazone groups is 1. The minimum absolute atomic E-state index is 0.0745. The van der Waals surface area contributed by atoms with Crippen LogP contribution in [0.2, 0.25) is 0 Å². The molecule has 9 heteroatoms. The van der Waals surface area contributed by atoms with E-state index in [0.29, 0.717) is 11.1 Å². The molecule has 0 bridgehead atoms. The second-order valence-corrected chi connectivity index (χ2v) is 7.12. The van der Waals surface area contributed by atoms with Crippen molar-refractivity contribution in [3.63, 3.8) is 0 Å². The average molecular weight is 470 g/mol. The molecule has 1 amide bonds. The zero-order valence-electron chi connectivity index (χ0n) is 18.4. The molecule has 0 radical (unpaired) electrons. The number of alkyl halides is 3. The van der Waals surface area contributed by atoms with Crippen molar-refractivity contribution in [1.82, 2.24) is 0 Å². The van der Waals surface area contributed by atoms with E-state index in [1.165, 1.54) is 50.6 Å². The Labute approximate surface area is 194 Å². The van der Waals surface area contributed by atoms with Crippen molar-refractivity contribution in [2.45, 2.75) is 13.1 Å². The van der Waals surface area contributed by atoms with Crippen molar-refractivity contribution < 1.29 is 32.2 Å². The number of halogens is 3. The van der Waals surface area contributed by atoms with E-state index in [0.717, 1.165) is 17.1 Å². The maximum Gasteiger partial charge on any atom is 0.416 e. The van der Waals surface area contributed by atoms with Crippen LogP contribution in [0.1, 0.15) is 28.4 Å². The number of ketones is 1. The number of carbonyl (C=O) groups excluding carboxylic acids is 2. The van der Waals surface area contributed by atoms with E-state index in [2.05, 4.69) is 5.10 Å². The normalized spacial score (nSPS) is 11.3. The molecule has 34 heavy (non-hydrogen) atoms. The maximum atomic E-state index is 13.2. The minimum atomic E-state index is -4.59. The summed E-state index contributed by atoms with van der Waals surface area (Å²) in [7, 11) is 1.38. The third kappa shape index (κ3) is 6.22. The number of carbonyl (C=O) groups is 2. The van der Waals surface area contributed by atoms with Gasteiger partial charge in [-0.3, -0.25) is 9.59 Å². The molecule has 0 fully saturated rings. The molecule has 0 aliphatic rings. The molecule has 0 aromatic heterocycles. The predicted octanol–water partition coefficient (Wildman–Crippen LogP) is 5.36. The van der Waals surface area contributed by atoms with E-state index in [4.69, 9.17) is 9.47 Å². The highest BCUT2D eigenvalue weighted by molar-refractivity contribution is 5.96. The zero-order valence-corrected chi connectivity index (χ0v) is 18.4. The molecule has 0 aliphatic heterocycles. The van der Waals surface area contributed by atoms with Gasteiger partial charge in [0.15, 0.2) is 23.9 Å². The molecule has 0 N–H and O–H groups in total. The predicted molar refractivity (Wildman–Crippen MR) is 121 cm³/mol. The largest absolute Gasteiger partial charge is 0.493 e. The number of benzene rings is 3. The monoisotopic (exact) mass is 470 g/mol. The van der Waals surface area contributed by atoms with Crippen LogP contribution in [0.15, 0.2) is 77.9 Å². The average Bonchev–Trinajstić information content (AvgIpc) is 2.83. The molecule has 0 aliphatic carbocycles. The fourth-order valence-electron chi connectivity index (χ4n) is 2.96. The number of ether oxygens (including phenoxy) is 2. The van der Waals surface area contributed by atoms with Gasteiger partial charge in [-0.25, -0.2) is 0 Å². The molecule has 3 aromatic rings. The highest BCUT2D eigenvalue weighted by atomic mass is 19.4. The lowest BCUT2D eigenvalue weighted by atomic mass is 10.1. The summed E-state index contributed by atoms with van der Waals surface area (Å²) >= 11 is 0. The van der Waals surface area contributed by atoms with Gasteiger partial charge in [-0.15, -0.1) is 0 Å². The highest BCUT2D eigenvalue weighted by Crippen LogP contribution is 2.32.